The largest absolute Gasteiger partial charge is 0.355 e. The van der Waals surface area contributed by atoms with Gasteiger partial charge in [-0.15, -0.1) is 0 Å². The van der Waals surface area contributed by atoms with E-state index in [1.165, 1.54) is 19.2 Å². The number of nitrogens with one attached hydrogen (secondary N) is 1. The van der Waals surface area contributed by atoms with Crippen molar-refractivity contribution in [2.75, 3.05) is 11.9 Å². The summed E-state index contributed by atoms with van der Waals surface area (Å²) in [5.74, 6) is -1.51. The number of imide groups is 1. The third-order valence-electron chi connectivity index (χ3n) is 3.95. The molecule has 3 rings (SSSR count). The number of amides is 3. The fraction of sp³-hybridized carbons (Fsp3) is 0.111. The van der Waals surface area contributed by atoms with E-state index in [1.54, 1.807) is 24.3 Å². The number of fused-ring (bicyclic) bond motifs is 1. The highest BCUT2D eigenvalue weighted by atomic mass is 16.2. The Kier molecular flexibility index (Phi) is 3.73. The Balaban J connectivity index is 2.13. The van der Waals surface area contributed by atoms with Crippen LogP contribution in [0.4, 0.5) is 5.69 Å². The summed E-state index contributed by atoms with van der Waals surface area (Å²) in [6.07, 6.45) is 0.497. The van der Waals surface area contributed by atoms with Crippen LogP contribution in [0.15, 0.2) is 36.4 Å². The summed E-state index contributed by atoms with van der Waals surface area (Å²) < 4.78 is 0. The number of hydrogen-bond donors (Lipinski definition) is 1. The SMILES string of the molecule is CNC(=O)c1cc2c(cc1C=O)C(=O)N(c1ccc(C)cc1)C2=O. The van der Waals surface area contributed by atoms with Gasteiger partial charge in [-0.05, 0) is 31.2 Å². The molecule has 0 spiro atoms. The lowest BCUT2D eigenvalue weighted by molar-refractivity contribution is 0.0924. The molecule has 0 atom stereocenters. The van der Waals surface area contributed by atoms with E-state index in [9.17, 15) is 19.2 Å². The van der Waals surface area contributed by atoms with Crippen molar-refractivity contribution in [3.63, 3.8) is 0 Å². The van der Waals surface area contributed by atoms with Crippen LogP contribution >= 0.6 is 0 Å². The molecule has 0 radical (unpaired) electrons. The molecule has 6 nitrogen and oxygen atoms in total. The van der Waals surface area contributed by atoms with Crippen molar-refractivity contribution in [1.29, 1.82) is 0 Å². The van der Waals surface area contributed by atoms with Crippen molar-refractivity contribution in [1.82, 2.24) is 5.32 Å². The van der Waals surface area contributed by atoms with Crippen LogP contribution in [0.25, 0.3) is 0 Å². The molecule has 1 heterocycles. The number of carbonyl (C=O) groups excluding carboxylic acids is 4. The Bertz CT molecular complexity index is 885. The molecule has 6 heteroatoms. The predicted molar refractivity (Wildman–Crippen MR) is 87.5 cm³/mol. The summed E-state index contributed by atoms with van der Waals surface area (Å²) in [6.45, 7) is 1.90. The molecule has 120 valence electrons. The van der Waals surface area contributed by atoms with E-state index in [2.05, 4.69) is 5.32 Å². The van der Waals surface area contributed by atoms with Crippen molar-refractivity contribution >= 4 is 29.7 Å². The van der Waals surface area contributed by atoms with Crippen molar-refractivity contribution in [3.05, 3.63) is 64.2 Å². The number of aldehydes is 1. The van der Waals surface area contributed by atoms with Crippen molar-refractivity contribution < 1.29 is 19.2 Å². The fourth-order valence-corrected chi connectivity index (χ4v) is 2.66. The maximum Gasteiger partial charge on any atom is 0.266 e. The van der Waals surface area contributed by atoms with Gasteiger partial charge in [0.2, 0.25) is 0 Å². The molecule has 3 amide bonds. The van der Waals surface area contributed by atoms with Crippen molar-refractivity contribution in [2.24, 2.45) is 0 Å². The smallest absolute Gasteiger partial charge is 0.266 e. The van der Waals surface area contributed by atoms with E-state index in [0.29, 0.717) is 12.0 Å². The topological polar surface area (TPSA) is 83.6 Å². The zero-order valence-corrected chi connectivity index (χ0v) is 13.1. The van der Waals surface area contributed by atoms with E-state index in [-0.39, 0.29) is 22.3 Å². The number of aryl methyl sites for hydroxylation is 1. The molecule has 24 heavy (non-hydrogen) atoms. The number of rotatable bonds is 3. The first-order valence-electron chi connectivity index (χ1n) is 7.28. The number of nitrogens with zero attached hydrogens (tertiary/aromatic N) is 1. The minimum atomic E-state index is -0.513. The normalized spacial score (nSPS) is 13.0. The second-order valence-electron chi connectivity index (χ2n) is 5.46. The van der Waals surface area contributed by atoms with E-state index in [4.69, 9.17) is 0 Å². The van der Waals surface area contributed by atoms with Crippen LogP contribution in [-0.4, -0.2) is 31.1 Å². The van der Waals surface area contributed by atoms with Crippen molar-refractivity contribution in [2.45, 2.75) is 6.92 Å². The Labute approximate surface area is 138 Å². The zero-order valence-electron chi connectivity index (χ0n) is 13.1. The lowest BCUT2D eigenvalue weighted by atomic mass is 9.99. The molecule has 1 N–H and O–H groups in total. The third-order valence-corrected chi connectivity index (χ3v) is 3.95. The molecule has 2 aromatic carbocycles. The first-order chi connectivity index (χ1) is 11.5. The molecule has 0 unspecified atom stereocenters. The molecule has 0 aromatic heterocycles. The minimum Gasteiger partial charge on any atom is -0.355 e. The van der Waals surface area contributed by atoms with E-state index in [1.807, 2.05) is 6.92 Å². The van der Waals surface area contributed by atoms with Gasteiger partial charge >= 0.3 is 0 Å². The Morgan fingerprint density at radius 1 is 1.04 bits per heavy atom. The van der Waals surface area contributed by atoms with E-state index in [0.717, 1.165) is 10.5 Å². The number of anilines is 1. The van der Waals surface area contributed by atoms with E-state index >= 15 is 0 Å². The highest BCUT2D eigenvalue weighted by molar-refractivity contribution is 6.35. The van der Waals surface area contributed by atoms with Gasteiger partial charge in [0.05, 0.1) is 22.4 Å². The van der Waals surface area contributed by atoms with Gasteiger partial charge in [0, 0.05) is 12.6 Å². The number of carbonyl (C=O) groups is 4. The number of hydrogen-bond acceptors (Lipinski definition) is 4. The molecular weight excluding hydrogens is 308 g/mol. The summed E-state index contributed by atoms with van der Waals surface area (Å²) in [4.78, 5) is 49.4. The second kappa shape index (κ2) is 5.73. The standard InChI is InChI=1S/C18H14N2O4/c1-10-3-5-12(6-4-10)20-17(23)14-7-11(9-21)13(16(22)19-2)8-15(14)18(20)24/h3-9H,1-2H3,(H,19,22). The summed E-state index contributed by atoms with van der Waals surface area (Å²) in [5.41, 5.74) is 1.82. The van der Waals surface area contributed by atoms with Crippen LogP contribution in [0.3, 0.4) is 0 Å². The average Bonchev–Trinajstić information content (AvgIpc) is 2.84. The van der Waals surface area contributed by atoms with Gasteiger partial charge in [0.1, 0.15) is 0 Å². The molecular formula is C18H14N2O4. The maximum absolute atomic E-state index is 12.6. The second-order valence-corrected chi connectivity index (χ2v) is 5.46. The first-order valence-corrected chi connectivity index (χ1v) is 7.28. The molecule has 0 bridgehead atoms. The number of benzene rings is 2. The van der Waals surface area contributed by atoms with Gasteiger partial charge in [-0.2, -0.15) is 0 Å². The Morgan fingerprint density at radius 3 is 2.17 bits per heavy atom. The van der Waals surface area contributed by atoms with E-state index < -0.39 is 17.7 Å². The third kappa shape index (κ3) is 2.28. The quantitative estimate of drug-likeness (QED) is 0.692. The first kappa shape index (κ1) is 15.6. The van der Waals surface area contributed by atoms with Gasteiger partial charge in [-0.25, -0.2) is 4.90 Å². The molecule has 0 fully saturated rings. The van der Waals surface area contributed by atoms with Crippen LogP contribution in [-0.2, 0) is 0 Å². The molecule has 0 aliphatic carbocycles. The molecule has 1 aliphatic heterocycles. The van der Waals surface area contributed by atoms with Gasteiger partial charge < -0.3 is 5.32 Å². The minimum absolute atomic E-state index is 0.0677. The van der Waals surface area contributed by atoms with Gasteiger partial charge in [0.25, 0.3) is 17.7 Å². The van der Waals surface area contributed by atoms with Gasteiger partial charge in [-0.1, -0.05) is 17.7 Å². The average molecular weight is 322 g/mol. The maximum atomic E-state index is 12.6. The lowest BCUT2D eigenvalue weighted by Crippen LogP contribution is -2.29. The highest BCUT2D eigenvalue weighted by Crippen LogP contribution is 2.30. The molecule has 0 saturated heterocycles. The Hall–Kier alpha value is -3.28. The lowest BCUT2D eigenvalue weighted by Gasteiger charge is -2.13. The Morgan fingerprint density at radius 2 is 1.62 bits per heavy atom. The monoisotopic (exact) mass is 322 g/mol. The van der Waals surface area contributed by atoms with Crippen LogP contribution in [0, 0.1) is 6.92 Å². The summed E-state index contributed by atoms with van der Waals surface area (Å²) in [6, 6.07) is 9.54. The summed E-state index contributed by atoms with van der Waals surface area (Å²) in [7, 11) is 1.43. The van der Waals surface area contributed by atoms with Gasteiger partial charge in [-0.3, -0.25) is 19.2 Å². The van der Waals surface area contributed by atoms with Gasteiger partial charge in [0.15, 0.2) is 6.29 Å². The fourth-order valence-electron chi connectivity index (χ4n) is 2.66. The van der Waals surface area contributed by atoms with Crippen molar-refractivity contribution in [3.8, 4) is 0 Å². The predicted octanol–water partition coefficient (Wildman–Crippen LogP) is 1.97. The summed E-state index contributed by atoms with van der Waals surface area (Å²) in [5, 5.41) is 2.41. The van der Waals surface area contributed by atoms with Crippen LogP contribution in [0.5, 0.6) is 0 Å². The summed E-state index contributed by atoms with van der Waals surface area (Å²) >= 11 is 0. The molecule has 0 saturated carbocycles. The highest BCUT2D eigenvalue weighted by Gasteiger charge is 2.38. The zero-order chi connectivity index (χ0) is 17.4. The van der Waals surface area contributed by atoms with Crippen LogP contribution < -0.4 is 10.2 Å². The molecule has 1 aliphatic rings. The molecule has 2 aromatic rings. The van der Waals surface area contributed by atoms with Crippen LogP contribution in [0.2, 0.25) is 0 Å². The van der Waals surface area contributed by atoms with Crippen LogP contribution in [0.1, 0.15) is 47.0 Å².